The molecule has 0 aliphatic carbocycles. The van der Waals surface area contributed by atoms with Gasteiger partial charge < -0.3 is 14.8 Å². The number of hydrogen-bond donors (Lipinski definition) is 2. The number of H-pyrrole nitrogens is 1. The first-order valence-corrected chi connectivity index (χ1v) is 10.5. The lowest BCUT2D eigenvalue weighted by Crippen LogP contribution is -2.36. The molecule has 1 aromatic carbocycles. The summed E-state index contributed by atoms with van der Waals surface area (Å²) in [5.74, 6) is 0.572. The molecule has 0 spiro atoms. The first-order chi connectivity index (χ1) is 14.0. The van der Waals surface area contributed by atoms with Crippen molar-refractivity contribution in [1.29, 1.82) is 0 Å². The third kappa shape index (κ3) is 5.61. The van der Waals surface area contributed by atoms with E-state index in [4.69, 9.17) is 4.74 Å². The highest BCUT2D eigenvalue weighted by atomic mass is 32.1. The Labute approximate surface area is 174 Å². The van der Waals surface area contributed by atoms with E-state index in [1.165, 1.54) is 11.3 Å². The van der Waals surface area contributed by atoms with Crippen molar-refractivity contribution >= 4 is 21.6 Å². The van der Waals surface area contributed by atoms with Crippen LogP contribution in [0.3, 0.4) is 0 Å². The van der Waals surface area contributed by atoms with Gasteiger partial charge in [-0.3, -0.25) is 9.69 Å². The zero-order valence-corrected chi connectivity index (χ0v) is 17.6. The lowest BCUT2D eigenvalue weighted by Gasteiger charge is -2.23. The average Bonchev–Trinajstić information content (AvgIpc) is 3.12. The standard InChI is InChI=1S/C22H27N3O3S/c1-4-10-25(11-17(26)13-28-15(2)3)12-19-23-21(27)20-18(14-29-22(20)24-19)16-8-6-5-7-9-16/h4-9,14-15,17,26H,1,10-13H2,2-3H3,(H,23,24,27). The molecule has 0 amide bonds. The van der Waals surface area contributed by atoms with E-state index in [-0.39, 0.29) is 18.3 Å². The van der Waals surface area contributed by atoms with Crippen LogP contribution in [0.15, 0.2) is 53.2 Å². The van der Waals surface area contributed by atoms with Gasteiger partial charge in [0, 0.05) is 24.0 Å². The van der Waals surface area contributed by atoms with E-state index in [1.807, 2.05) is 54.5 Å². The second kappa shape index (κ2) is 9.93. The van der Waals surface area contributed by atoms with E-state index in [9.17, 15) is 9.90 Å². The molecule has 0 aliphatic heterocycles. The van der Waals surface area contributed by atoms with Crippen molar-refractivity contribution in [2.45, 2.75) is 32.6 Å². The number of aliphatic hydroxyl groups is 1. The SMILES string of the molecule is C=CCN(Cc1nc2scc(-c3ccccc3)c2c(=O)[nH]1)CC(O)COC(C)C. The largest absolute Gasteiger partial charge is 0.389 e. The number of aliphatic hydroxyl groups excluding tert-OH is 1. The summed E-state index contributed by atoms with van der Waals surface area (Å²) in [6.45, 7) is 9.30. The fraction of sp³-hybridized carbons (Fsp3) is 0.364. The van der Waals surface area contributed by atoms with E-state index in [1.54, 1.807) is 6.08 Å². The molecule has 0 bridgehead atoms. The van der Waals surface area contributed by atoms with Gasteiger partial charge in [0.15, 0.2) is 0 Å². The molecule has 1 atom stereocenters. The van der Waals surface area contributed by atoms with E-state index in [2.05, 4.69) is 16.5 Å². The van der Waals surface area contributed by atoms with Gasteiger partial charge in [0.1, 0.15) is 10.7 Å². The van der Waals surface area contributed by atoms with Crippen molar-refractivity contribution in [3.05, 3.63) is 64.5 Å². The molecular weight excluding hydrogens is 386 g/mol. The molecule has 0 fully saturated rings. The van der Waals surface area contributed by atoms with Crippen LogP contribution in [0.25, 0.3) is 21.3 Å². The van der Waals surface area contributed by atoms with Crippen LogP contribution in [0.5, 0.6) is 0 Å². The van der Waals surface area contributed by atoms with Gasteiger partial charge in [-0.15, -0.1) is 17.9 Å². The van der Waals surface area contributed by atoms with Gasteiger partial charge in [-0.1, -0.05) is 36.4 Å². The van der Waals surface area contributed by atoms with Crippen molar-refractivity contribution < 1.29 is 9.84 Å². The summed E-state index contributed by atoms with van der Waals surface area (Å²) in [6.07, 6.45) is 1.21. The molecule has 0 radical (unpaired) electrons. The number of aromatic nitrogens is 2. The number of nitrogens with one attached hydrogen (secondary N) is 1. The molecule has 2 aromatic heterocycles. The first kappa shape index (κ1) is 21.4. The summed E-state index contributed by atoms with van der Waals surface area (Å²) in [6, 6.07) is 9.84. The van der Waals surface area contributed by atoms with Crippen LogP contribution in [-0.4, -0.2) is 51.9 Å². The fourth-order valence-electron chi connectivity index (χ4n) is 3.15. The van der Waals surface area contributed by atoms with E-state index >= 15 is 0 Å². The Morgan fingerprint density at radius 3 is 2.79 bits per heavy atom. The van der Waals surface area contributed by atoms with E-state index in [0.29, 0.717) is 35.7 Å². The highest BCUT2D eigenvalue weighted by Crippen LogP contribution is 2.30. The smallest absolute Gasteiger partial charge is 0.260 e. The van der Waals surface area contributed by atoms with Crippen molar-refractivity contribution in [3.8, 4) is 11.1 Å². The summed E-state index contributed by atoms with van der Waals surface area (Å²) in [5, 5.41) is 12.8. The molecule has 7 heteroatoms. The minimum absolute atomic E-state index is 0.0653. The fourth-order valence-corrected chi connectivity index (χ4v) is 4.12. The van der Waals surface area contributed by atoms with Crippen LogP contribution >= 0.6 is 11.3 Å². The van der Waals surface area contributed by atoms with Gasteiger partial charge in [-0.2, -0.15) is 0 Å². The minimum atomic E-state index is -0.626. The Morgan fingerprint density at radius 2 is 2.10 bits per heavy atom. The summed E-state index contributed by atoms with van der Waals surface area (Å²) in [7, 11) is 0. The van der Waals surface area contributed by atoms with Crippen molar-refractivity contribution in [1.82, 2.24) is 14.9 Å². The highest BCUT2D eigenvalue weighted by Gasteiger charge is 2.16. The second-order valence-corrected chi connectivity index (χ2v) is 8.08. The molecule has 1 unspecified atom stereocenters. The summed E-state index contributed by atoms with van der Waals surface area (Å²) in [5.41, 5.74) is 1.75. The summed E-state index contributed by atoms with van der Waals surface area (Å²) >= 11 is 1.46. The highest BCUT2D eigenvalue weighted by molar-refractivity contribution is 7.17. The van der Waals surface area contributed by atoms with Crippen LogP contribution in [0.2, 0.25) is 0 Å². The van der Waals surface area contributed by atoms with Gasteiger partial charge in [-0.25, -0.2) is 4.98 Å². The molecular formula is C22H27N3O3S. The second-order valence-electron chi connectivity index (χ2n) is 7.23. The first-order valence-electron chi connectivity index (χ1n) is 9.66. The molecule has 6 nitrogen and oxygen atoms in total. The lowest BCUT2D eigenvalue weighted by molar-refractivity contribution is -0.00834. The number of rotatable bonds is 10. The van der Waals surface area contributed by atoms with Crippen LogP contribution in [0.4, 0.5) is 0 Å². The third-order valence-electron chi connectivity index (χ3n) is 4.43. The molecule has 2 heterocycles. The Hall–Kier alpha value is -2.32. The van der Waals surface area contributed by atoms with E-state index in [0.717, 1.165) is 11.1 Å². The summed E-state index contributed by atoms with van der Waals surface area (Å²) < 4.78 is 5.48. The lowest BCUT2D eigenvalue weighted by atomic mass is 10.1. The number of aromatic amines is 1. The molecule has 0 saturated carbocycles. The maximum absolute atomic E-state index is 12.8. The van der Waals surface area contributed by atoms with Gasteiger partial charge in [-0.05, 0) is 19.4 Å². The van der Waals surface area contributed by atoms with Crippen LogP contribution < -0.4 is 5.56 Å². The Kier molecular flexibility index (Phi) is 7.33. The molecule has 0 saturated heterocycles. The average molecular weight is 414 g/mol. The van der Waals surface area contributed by atoms with Gasteiger partial charge >= 0.3 is 0 Å². The summed E-state index contributed by atoms with van der Waals surface area (Å²) in [4.78, 5) is 23.1. The number of thiophene rings is 1. The Balaban J connectivity index is 1.80. The molecule has 2 N–H and O–H groups in total. The maximum Gasteiger partial charge on any atom is 0.260 e. The van der Waals surface area contributed by atoms with Gasteiger partial charge in [0.2, 0.25) is 0 Å². The van der Waals surface area contributed by atoms with Crippen molar-refractivity contribution in [2.75, 3.05) is 19.7 Å². The molecule has 3 aromatic rings. The molecule has 29 heavy (non-hydrogen) atoms. The molecule has 0 aliphatic rings. The molecule has 3 rings (SSSR count). The Morgan fingerprint density at radius 1 is 1.34 bits per heavy atom. The number of nitrogens with zero attached hydrogens (tertiary/aromatic N) is 2. The van der Waals surface area contributed by atoms with E-state index < -0.39 is 6.10 Å². The molecule has 154 valence electrons. The topological polar surface area (TPSA) is 78.5 Å². The number of hydrogen-bond acceptors (Lipinski definition) is 6. The Bertz CT molecular complexity index is 997. The number of benzene rings is 1. The van der Waals surface area contributed by atoms with Crippen molar-refractivity contribution in [3.63, 3.8) is 0 Å². The number of ether oxygens (including phenoxy) is 1. The quantitative estimate of drug-likeness (QED) is 0.498. The zero-order valence-electron chi connectivity index (χ0n) is 16.8. The van der Waals surface area contributed by atoms with Gasteiger partial charge in [0.25, 0.3) is 5.56 Å². The minimum Gasteiger partial charge on any atom is -0.389 e. The monoisotopic (exact) mass is 413 g/mol. The number of fused-ring (bicyclic) bond motifs is 1. The van der Waals surface area contributed by atoms with Gasteiger partial charge in [0.05, 0.1) is 30.7 Å². The zero-order chi connectivity index (χ0) is 20.8. The third-order valence-corrected chi connectivity index (χ3v) is 5.30. The van der Waals surface area contributed by atoms with Crippen LogP contribution in [-0.2, 0) is 11.3 Å². The predicted octanol–water partition coefficient (Wildman–Crippen LogP) is 3.43. The normalized spacial score (nSPS) is 12.7. The van der Waals surface area contributed by atoms with Crippen LogP contribution in [0.1, 0.15) is 19.7 Å². The van der Waals surface area contributed by atoms with Crippen molar-refractivity contribution in [2.24, 2.45) is 0 Å². The maximum atomic E-state index is 12.8. The predicted molar refractivity (Wildman–Crippen MR) is 118 cm³/mol. The van der Waals surface area contributed by atoms with Crippen LogP contribution in [0, 0.1) is 0 Å².